The fourth-order valence-electron chi connectivity index (χ4n) is 4.70. The summed E-state index contributed by atoms with van der Waals surface area (Å²) in [5, 5.41) is 14.1. The highest BCUT2D eigenvalue weighted by Gasteiger charge is 2.33. The summed E-state index contributed by atoms with van der Waals surface area (Å²) in [6.45, 7) is 5.00. The maximum absolute atomic E-state index is 13.8. The number of carbonyl (C=O) groups excluding carboxylic acids is 1. The first-order chi connectivity index (χ1) is 20.4. The molecule has 3 aromatic rings. The summed E-state index contributed by atoms with van der Waals surface area (Å²) < 4.78 is 65.1. The smallest absolute Gasteiger partial charge is 0.243 e. The van der Waals surface area contributed by atoms with Crippen LogP contribution in [0.2, 0.25) is 0 Å². The second-order valence-corrected chi connectivity index (χ2v) is 14.9. The minimum Gasteiger partial charge on any atom is -0.454 e. The van der Waals surface area contributed by atoms with Gasteiger partial charge in [-0.3, -0.25) is 4.79 Å². The number of carbonyl (C=O) groups is 1. The first kappa shape index (κ1) is 32.4. The van der Waals surface area contributed by atoms with Crippen LogP contribution in [-0.4, -0.2) is 74.9 Å². The predicted molar refractivity (Wildman–Crippen MR) is 160 cm³/mol. The molecular formula is C30H37N3O8S2. The lowest BCUT2D eigenvalue weighted by atomic mass is 10.00. The molecule has 1 aliphatic heterocycles. The number of aliphatic hydroxyl groups excluding tert-OH is 1. The van der Waals surface area contributed by atoms with E-state index in [0.29, 0.717) is 11.5 Å². The van der Waals surface area contributed by atoms with Gasteiger partial charge in [0.25, 0.3) is 0 Å². The van der Waals surface area contributed by atoms with Gasteiger partial charge in [-0.1, -0.05) is 57.2 Å². The first-order valence-electron chi connectivity index (χ1n) is 13.9. The van der Waals surface area contributed by atoms with Crippen molar-refractivity contribution in [2.24, 2.45) is 11.8 Å². The van der Waals surface area contributed by atoms with E-state index < -0.39 is 49.6 Å². The predicted octanol–water partition coefficient (Wildman–Crippen LogP) is 2.66. The maximum Gasteiger partial charge on any atom is 0.243 e. The van der Waals surface area contributed by atoms with Crippen LogP contribution in [0.15, 0.2) is 82.8 Å². The van der Waals surface area contributed by atoms with E-state index in [-0.39, 0.29) is 42.1 Å². The van der Waals surface area contributed by atoms with E-state index in [1.54, 1.807) is 12.1 Å². The topological polar surface area (TPSA) is 152 Å². The molecule has 13 heteroatoms. The number of sulfonamides is 1. The number of aromatic nitrogens is 1. The minimum atomic E-state index is -4.08. The van der Waals surface area contributed by atoms with E-state index in [2.05, 4.69) is 10.3 Å². The molecule has 1 aliphatic rings. The Hall–Kier alpha value is -3.52. The van der Waals surface area contributed by atoms with Gasteiger partial charge in [0.1, 0.15) is 0 Å². The van der Waals surface area contributed by atoms with E-state index >= 15 is 0 Å². The molecule has 1 amide bonds. The summed E-state index contributed by atoms with van der Waals surface area (Å²) >= 11 is 0. The summed E-state index contributed by atoms with van der Waals surface area (Å²) in [6, 6.07) is 17.1. The van der Waals surface area contributed by atoms with E-state index in [1.165, 1.54) is 41.7 Å². The largest absolute Gasteiger partial charge is 0.454 e. The lowest BCUT2D eigenvalue weighted by Crippen LogP contribution is -2.52. The molecule has 4 rings (SSSR count). The quantitative estimate of drug-likeness (QED) is 0.274. The molecule has 11 nitrogen and oxygen atoms in total. The van der Waals surface area contributed by atoms with Crippen LogP contribution in [0.1, 0.15) is 26.3 Å². The summed E-state index contributed by atoms with van der Waals surface area (Å²) in [7, 11) is -7.93. The van der Waals surface area contributed by atoms with Crippen molar-refractivity contribution in [1.29, 1.82) is 0 Å². The van der Waals surface area contributed by atoms with Crippen molar-refractivity contribution in [2.45, 2.75) is 49.3 Å². The van der Waals surface area contributed by atoms with Crippen LogP contribution in [0, 0.1) is 11.8 Å². The zero-order valence-electron chi connectivity index (χ0n) is 24.3. The van der Waals surface area contributed by atoms with Gasteiger partial charge in [0.05, 0.1) is 22.8 Å². The van der Waals surface area contributed by atoms with Gasteiger partial charge in [0.2, 0.25) is 22.7 Å². The van der Waals surface area contributed by atoms with Gasteiger partial charge in [-0.05, 0) is 42.2 Å². The zero-order valence-corrected chi connectivity index (χ0v) is 25.9. The third kappa shape index (κ3) is 8.31. The molecule has 2 N–H and O–H groups in total. The molecular weight excluding hydrogens is 594 g/mol. The van der Waals surface area contributed by atoms with Crippen LogP contribution < -0.4 is 14.8 Å². The molecule has 232 valence electrons. The monoisotopic (exact) mass is 631 g/mol. The first-order valence-corrected chi connectivity index (χ1v) is 17.0. The molecule has 0 saturated carbocycles. The van der Waals surface area contributed by atoms with Gasteiger partial charge < -0.3 is 19.9 Å². The molecule has 0 fully saturated rings. The zero-order chi connectivity index (χ0) is 31.2. The van der Waals surface area contributed by atoms with Crippen molar-refractivity contribution in [3.05, 3.63) is 78.5 Å². The maximum atomic E-state index is 13.8. The molecule has 0 bridgehead atoms. The Labute approximate surface area is 252 Å². The number of ether oxygens (including phenoxy) is 2. The van der Waals surface area contributed by atoms with Crippen LogP contribution in [-0.2, 0) is 31.1 Å². The standard InChI is InChI=1S/C30H37N3O8S2/c1-21(2)17-33(43(38,39)24-12-13-27-28(16-24)41-20-40-27)18-26(34)25(15-23-9-5-4-6-10-23)32-30(35)22(3)19-42(36,37)29-11-7-8-14-31-29/h4-14,16,21-22,25-26,34H,15,17-20H2,1-3H3,(H,32,35)/t22-,25?,26-/m1/s1. The van der Waals surface area contributed by atoms with Gasteiger partial charge in [0.15, 0.2) is 26.4 Å². The van der Waals surface area contributed by atoms with Gasteiger partial charge >= 0.3 is 0 Å². The van der Waals surface area contributed by atoms with Gasteiger partial charge in [-0.15, -0.1) is 0 Å². The average Bonchev–Trinajstić information content (AvgIpc) is 3.45. The molecule has 2 aromatic carbocycles. The second-order valence-electron chi connectivity index (χ2n) is 11.0. The number of rotatable bonds is 14. The van der Waals surface area contributed by atoms with Gasteiger partial charge in [-0.25, -0.2) is 21.8 Å². The Bertz CT molecular complexity index is 1600. The molecule has 0 spiro atoms. The molecule has 3 atom stereocenters. The number of nitrogens with zero attached hydrogens (tertiary/aromatic N) is 2. The minimum absolute atomic E-state index is 0.00426. The summed E-state index contributed by atoms with van der Waals surface area (Å²) in [4.78, 5) is 17.2. The van der Waals surface area contributed by atoms with Crippen molar-refractivity contribution in [3.63, 3.8) is 0 Å². The molecule has 43 heavy (non-hydrogen) atoms. The van der Waals surface area contributed by atoms with Crippen molar-refractivity contribution in [2.75, 3.05) is 25.6 Å². The van der Waals surface area contributed by atoms with Gasteiger partial charge in [0, 0.05) is 31.3 Å². The highest BCUT2D eigenvalue weighted by Crippen LogP contribution is 2.35. The fourth-order valence-corrected chi connectivity index (χ4v) is 7.82. The summed E-state index contributed by atoms with van der Waals surface area (Å²) in [5.74, 6) is -1.36. The number of aliphatic hydroxyl groups is 1. The van der Waals surface area contributed by atoms with Crippen LogP contribution in [0.25, 0.3) is 0 Å². The van der Waals surface area contributed by atoms with Crippen molar-refractivity contribution >= 4 is 25.8 Å². The number of sulfone groups is 1. The third-order valence-electron chi connectivity index (χ3n) is 6.91. The second kappa shape index (κ2) is 13.8. The Morgan fingerprint density at radius 1 is 0.953 bits per heavy atom. The number of hydrogen-bond acceptors (Lipinski definition) is 9. The third-order valence-corrected chi connectivity index (χ3v) is 10.6. The van der Waals surface area contributed by atoms with E-state index in [0.717, 1.165) is 5.56 Å². The van der Waals surface area contributed by atoms with Crippen LogP contribution in [0.5, 0.6) is 11.5 Å². The highest BCUT2D eigenvalue weighted by atomic mass is 32.2. The number of nitrogens with one attached hydrogen (secondary N) is 1. The Balaban J connectivity index is 1.56. The number of pyridine rings is 1. The molecule has 0 radical (unpaired) electrons. The van der Waals surface area contributed by atoms with Crippen molar-refractivity contribution in [3.8, 4) is 11.5 Å². The molecule has 0 aliphatic carbocycles. The lowest BCUT2D eigenvalue weighted by Gasteiger charge is -2.31. The number of fused-ring (bicyclic) bond motifs is 1. The molecule has 0 saturated heterocycles. The summed E-state index contributed by atoms with van der Waals surface area (Å²) in [5.41, 5.74) is 0.801. The summed E-state index contributed by atoms with van der Waals surface area (Å²) in [6.07, 6.45) is 0.226. The van der Waals surface area contributed by atoms with Gasteiger partial charge in [-0.2, -0.15) is 4.31 Å². The number of hydrogen-bond donors (Lipinski definition) is 2. The van der Waals surface area contributed by atoms with Crippen LogP contribution in [0.4, 0.5) is 0 Å². The SMILES string of the molecule is CC(C)CN(C[C@@H](O)C(Cc1ccccc1)NC(=O)[C@H](C)CS(=O)(=O)c1ccccn1)S(=O)(=O)c1ccc2c(c1)OCO2. The van der Waals surface area contributed by atoms with Crippen molar-refractivity contribution < 1.29 is 36.2 Å². The molecule has 2 heterocycles. The fraction of sp³-hybridized carbons (Fsp3) is 0.400. The van der Waals surface area contributed by atoms with Crippen LogP contribution in [0.3, 0.4) is 0 Å². The normalized spacial score (nSPS) is 15.3. The highest BCUT2D eigenvalue weighted by molar-refractivity contribution is 7.91. The van der Waals surface area contributed by atoms with Crippen molar-refractivity contribution in [1.82, 2.24) is 14.6 Å². The Kier molecular flexibility index (Phi) is 10.4. The Morgan fingerprint density at radius 3 is 2.33 bits per heavy atom. The van der Waals surface area contributed by atoms with E-state index in [1.807, 2.05) is 44.2 Å². The Morgan fingerprint density at radius 2 is 1.65 bits per heavy atom. The van der Waals surface area contributed by atoms with E-state index in [9.17, 15) is 26.7 Å². The van der Waals surface area contributed by atoms with E-state index in [4.69, 9.17) is 9.47 Å². The van der Waals surface area contributed by atoms with Crippen LogP contribution >= 0.6 is 0 Å². The molecule has 1 aromatic heterocycles. The average molecular weight is 632 g/mol. The number of benzene rings is 2. The number of amides is 1. The molecule has 1 unspecified atom stereocenters. The lowest BCUT2D eigenvalue weighted by molar-refractivity contribution is -0.125.